The smallest absolute Gasteiger partial charge is 0.0292 e. The maximum Gasteiger partial charge on any atom is -0.0292 e. The zero-order valence-corrected chi connectivity index (χ0v) is 8.18. The van der Waals surface area contributed by atoms with Gasteiger partial charge in [-0.3, -0.25) is 0 Å². The monoisotopic (exact) mass is 164 g/mol. The predicted molar refractivity (Wildman–Crippen MR) is 53.0 cm³/mol. The lowest BCUT2D eigenvalue weighted by atomic mass is 9.67. The van der Waals surface area contributed by atoms with Crippen LogP contribution in [-0.4, -0.2) is 0 Å². The van der Waals surface area contributed by atoms with E-state index in [1.165, 1.54) is 44.1 Å². The molecule has 0 aromatic rings. The SMILES string of the molecule is C=C1CCC2CCC(C)CC2C1. The van der Waals surface area contributed by atoms with E-state index in [-0.39, 0.29) is 0 Å². The first-order chi connectivity index (χ1) is 5.75. The van der Waals surface area contributed by atoms with E-state index >= 15 is 0 Å². The highest BCUT2D eigenvalue weighted by Gasteiger charge is 2.31. The first-order valence-corrected chi connectivity index (χ1v) is 5.42. The Bertz CT molecular complexity index is 180. The van der Waals surface area contributed by atoms with Crippen LogP contribution in [0.5, 0.6) is 0 Å². The van der Waals surface area contributed by atoms with Crippen molar-refractivity contribution in [3.8, 4) is 0 Å². The van der Waals surface area contributed by atoms with Crippen LogP contribution in [0.3, 0.4) is 0 Å². The molecule has 0 aliphatic heterocycles. The average molecular weight is 164 g/mol. The second-order valence-corrected chi connectivity index (χ2v) is 4.93. The molecule has 2 aliphatic rings. The van der Waals surface area contributed by atoms with Crippen molar-refractivity contribution in [3.05, 3.63) is 12.2 Å². The van der Waals surface area contributed by atoms with Crippen LogP contribution in [0.4, 0.5) is 0 Å². The molecule has 0 saturated heterocycles. The van der Waals surface area contributed by atoms with E-state index < -0.39 is 0 Å². The quantitative estimate of drug-likeness (QED) is 0.478. The van der Waals surface area contributed by atoms with Gasteiger partial charge in [0.05, 0.1) is 0 Å². The third-order valence-electron chi connectivity index (χ3n) is 3.82. The molecule has 12 heavy (non-hydrogen) atoms. The molecule has 0 heterocycles. The predicted octanol–water partition coefficient (Wildman–Crippen LogP) is 3.78. The molecule has 0 aromatic heterocycles. The number of rotatable bonds is 0. The highest BCUT2D eigenvalue weighted by molar-refractivity contribution is 5.02. The van der Waals surface area contributed by atoms with Gasteiger partial charge in [-0.05, 0) is 49.9 Å². The summed E-state index contributed by atoms with van der Waals surface area (Å²) in [7, 11) is 0. The van der Waals surface area contributed by atoms with Crippen LogP contribution in [-0.2, 0) is 0 Å². The van der Waals surface area contributed by atoms with Gasteiger partial charge in [-0.15, -0.1) is 0 Å². The zero-order valence-electron chi connectivity index (χ0n) is 8.18. The molecule has 0 N–H and O–H groups in total. The van der Waals surface area contributed by atoms with Gasteiger partial charge in [0.25, 0.3) is 0 Å². The molecule has 0 bridgehead atoms. The van der Waals surface area contributed by atoms with E-state index in [9.17, 15) is 0 Å². The third-order valence-corrected chi connectivity index (χ3v) is 3.82. The molecule has 68 valence electrons. The van der Waals surface area contributed by atoms with Gasteiger partial charge in [0.2, 0.25) is 0 Å². The zero-order chi connectivity index (χ0) is 8.55. The minimum atomic E-state index is 0.983. The van der Waals surface area contributed by atoms with Crippen molar-refractivity contribution >= 4 is 0 Å². The first-order valence-electron chi connectivity index (χ1n) is 5.42. The summed E-state index contributed by atoms with van der Waals surface area (Å²) in [6, 6.07) is 0. The fourth-order valence-electron chi connectivity index (χ4n) is 3.05. The number of hydrogen-bond donors (Lipinski definition) is 0. The van der Waals surface area contributed by atoms with Crippen molar-refractivity contribution in [1.82, 2.24) is 0 Å². The lowest BCUT2D eigenvalue weighted by Crippen LogP contribution is -2.27. The molecule has 0 spiro atoms. The molecular weight excluding hydrogens is 144 g/mol. The Kier molecular flexibility index (Phi) is 2.25. The van der Waals surface area contributed by atoms with Crippen LogP contribution in [0.1, 0.15) is 45.4 Å². The van der Waals surface area contributed by atoms with Crippen molar-refractivity contribution in [1.29, 1.82) is 0 Å². The van der Waals surface area contributed by atoms with Gasteiger partial charge in [-0.1, -0.05) is 25.5 Å². The van der Waals surface area contributed by atoms with Crippen molar-refractivity contribution in [2.24, 2.45) is 17.8 Å². The van der Waals surface area contributed by atoms with Gasteiger partial charge in [0, 0.05) is 0 Å². The van der Waals surface area contributed by atoms with Gasteiger partial charge in [-0.2, -0.15) is 0 Å². The molecule has 0 aromatic carbocycles. The van der Waals surface area contributed by atoms with Gasteiger partial charge in [0.15, 0.2) is 0 Å². The second kappa shape index (κ2) is 3.24. The largest absolute Gasteiger partial charge is 0.0999 e. The summed E-state index contributed by atoms with van der Waals surface area (Å²) < 4.78 is 0. The van der Waals surface area contributed by atoms with Crippen LogP contribution in [0.2, 0.25) is 0 Å². The molecule has 0 heteroatoms. The number of allylic oxidation sites excluding steroid dienone is 1. The molecule has 2 saturated carbocycles. The van der Waals surface area contributed by atoms with Crippen molar-refractivity contribution in [3.63, 3.8) is 0 Å². The Morgan fingerprint density at radius 3 is 2.83 bits per heavy atom. The van der Waals surface area contributed by atoms with Crippen LogP contribution in [0.15, 0.2) is 12.2 Å². The number of fused-ring (bicyclic) bond motifs is 1. The van der Waals surface area contributed by atoms with Gasteiger partial charge >= 0.3 is 0 Å². The lowest BCUT2D eigenvalue weighted by molar-refractivity contribution is 0.160. The lowest BCUT2D eigenvalue weighted by Gasteiger charge is -2.39. The molecule has 0 nitrogen and oxygen atoms in total. The highest BCUT2D eigenvalue weighted by Crippen LogP contribution is 2.43. The normalized spacial score (nSPS) is 42.4. The number of hydrogen-bond acceptors (Lipinski definition) is 0. The third kappa shape index (κ3) is 1.57. The Hall–Kier alpha value is -0.260. The molecular formula is C12H20. The molecule has 0 amide bonds. The molecule has 2 rings (SSSR count). The molecule has 2 fully saturated rings. The summed E-state index contributed by atoms with van der Waals surface area (Å²) in [4.78, 5) is 0. The highest BCUT2D eigenvalue weighted by atomic mass is 14.4. The van der Waals surface area contributed by atoms with E-state index in [0.717, 1.165) is 17.8 Å². The minimum Gasteiger partial charge on any atom is -0.0999 e. The maximum absolute atomic E-state index is 4.13. The van der Waals surface area contributed by atoms with E-state index in [2.05, 4.69) is 13.5 Å². The fraction of sp³-hybridized carbons (Fsp3) is 0.833. The van der Waals surface area contributed by atoms with Crippen LogP contribution in [0.25, 0.3) is 0 Å². The Morgan fingerprint density at radius 1 is 1.17 bits per heavy atom. The first kappa shape index (κ1) is 8.34. The van der Waals surface area contributed by atoms with Gasteiger partial charge in [0.1, 0.15) is 0 Å². The second-order valence-electron chi connectivity index (χ2n) is 4.93. The van der Waals surface area contributed by atoms with Crippen molar-refractivity contribution in [2.75, 3.05) is 0 Å². The van der Waals surface area contributed by atoms with Gasteiger partial charge in [-0.25, -0.2) is 0 Å². The topological polar surface area (TPSA) is 0 Å². The minimum absolute atomic E-state index is 0.983. The summed E-state index contributed by atoms with van der Waals surface area (Å²) in [5.41, 5.74) is 1.52. The van der Waals surface area contributed by atoms with E-state index in [1.807, 2.05) is 0 Å². The van der Waals surface area contributed by atoms with E-state index in [0.29, 0.717) is 0 Å². The molecule has 3 atom stereocenters. The van der Waals surface area contributed by atoms with Crippen molar-refractivity contribution < 1.29 is 0 Å². The standard InChI is InChI=1S/C12H20/c1-9-3-5-11-6-4-10(2)8-12(11)7-9/h10-12H,1,3-8H2,2H3. The van der Waals surface area contributed by atoms with Crippen LogP contribution < -0.4 is 0 Å². The summed E-state index contributed by atoms with van der Waals surface area (Å²) >= 11 is 0. The summed E-state index contributed by atoms with van der Waals surface area (Å²) in [6.07, 6.45) is 8.55. The van der Waals surface area contributed by atoms with E-state index in [1.54, 1.807) is 0 Å². The fourth-order valence-corrected chi connectivity index (χ4v) is 3.05. The Balaban J connectivity index is 1.99. The van der Waals surface area contributed by atoms with Gasteiger partial charge < -0.3 is 0 Å². The molecule has 0 radical (unpaired) electrons. The maximum atomic E-state index is 4.13. The summed E-state index contributed by atoms with van der Waals surface area (Å²) in [5, 5.41) is 0. The summed E-state index contributed by atoms with van der Waals surface area (Å²) in [5.74, 6) is 3.05. The average Bonchev–Trinajstić information content (AvgIpc) is 2.03. The molecule has 2 aliphatic carbocycles. The summed E-state index contributed by atoms with van der Waals surface area (Å²) in [6.45, 7) is 6.54. The Morgan fingerprint density at radius 2 is 2.00 bits per heavy atom. The van der Waals surface area contributed by atoms with Crippen LogP contribution >= 0.6 is 0 Å². The van der Waals surface area contributed by atoms with Crippen molar-refractivity contribution in [2.45, 2.75) is 45.4 Å². The Labute approximate surface area is 76.1 Å². The van der Waals surface area contributed by atoms with E-state index in [4.69, 9.17) is 0 Å². The molecule has 3 unspecified atom stereocenters. The van der Waals surface area contributed by atoms with Crippen LogP contribution in [0, 0.1) is 17.8 Å².